The third kappa shape index (κ3) is 4.95. The largest absolute Gasteiger partial charge is 0.352 e. The van der Waals surface area contributed by atoms with Gasteiger partial charge in [0.1, 0.15) is 17.2 Å². The van der Waals surface area contributed by atoms with Crippen LogP contribution in [0.4, 0.5) is 14.6 Å². The summed E-state index contributed by atoms with van der Waals surface area (Å²) in [7, 11) is 0. The number of aromatic nitrogens is 4. The number of nitrogens with one attached hydrogen (secondary N) is 2. The second kappa shape index (κ2) is 9.54. The maximum absolute atomic E-state index is 14.7. The van der Waals surface area contributed by atoms with Gasteiger partial charge in [-0.15, -0.1) is 0 Å². The number of H-pyrrole nitrogens is 1. The molecular formula is C29H23F2N5O. The predicted molar refractivity (Wildman–Crippen MR) is 138 cm³/mol. The molecule has 5 aromatic rings. The number of carbonyl (C=O) groups excluding carboxylic acids is 1. The van der Waals surface area contributed by atoms with Crippen LogP contribution >= 0.6 is 0 Å². The number of carbonyl (C=O) groups is 1. The first-order valence-electron chi connectivity index (χ1n) is 12.2. The van der Waals surface area contributed by atoms with Crippen LogP contribution in [0.5, 0.6) is 0 Å². The topological polar surface area (TPSA) is 83.6 Å². The van der Waals surface area contributed by atoms with E-state index in [1.54, 1.807) is 30.6 Å². The summed E-state index contributed by atoms with van der Waals surface area (Å²) in [5, 5.41) is 2.81. The van der Waals surface area contributed by atoms with Gasteiger partial charge in [0.2, 0.25) is 11.9 Å². The highest BCUT2D eigenvalue weighted by Crippen LogP contribution is 2.40. The first kappa shape index (κ1) is 23.0. The van der Waals surface area contributed by atoms with Crippen LogP contribution < -0.4 is 5.32 Å². The summed E-state index contributed by atoms with van der Waals surface area (Å²) in [5.74, 6) is -0.204. The van der Waals surface area contributed by atoms with Gasteiger partial charge >= 0.3 is 0 Å². The molecule has 4 heterocycles. The number of halogens is 2. The molecule has 0 radical (unpaired) electrons. The van der Waals surface area contributed by atoms with Crippen molar-refractivity contribution in [2.45, 2.75) is 25.7 Å². The van der Waals surface area contributed by atoms with Crippen LogP contribution in [0.3, 0.4) is 0 Å². The SMILES string of the molecule is O=C(Cc1ccc(F)cc1)Nc1cc(-c2[nH]c3c(CC4CC4)cc(F)nc3c2-c2ccccn2)ccn1. The van der Waals surface area contributed by atoms with Crippen molar-refractivity contribution in [3.63, 3.8) is 0 Å². The van der Waals surface area contributed by atoms with E-state index in [0.29, 0.717) is 34.1 Å². The smallest absolute Gasteiger partial charge is 0.229 e. The number of fused-ring (bicyclic) bond motifs is 1. The molecule has 0 atom stereocenters. The molecule has 0 saturated heterocycles. The molecule has 2 N–H and O–H groups in total. The van der Waals surface area contributed by atoms with Crippen molar-refractivity contribution in [1.29, 1.82) is 0 Å². The molecule has 37 heavy (non-hydrogen) atoms. The monoisotopic (exact) mass is 495 g/mol. The maximum atomic E-state index is 14.7. The van der Waals surface area contributed by atoms with Crippen LogP contribution in [0.25, 0.3) is 33.5 Å². The Bertz CT molecular complexity index is 1590. The number of anilines is 1. The summed E-state index contributed by atoms with van der Waals surface area (Å²) in [5.41, 5.74) is 5.75. The van der Waals surface area contributed by atoms with Gasteiger partial charge in [0, 0.05) is 18.0 Å². The Hall–Kier alpha value is -4.46. The van der Waals surface area contributed by atoms with E-state index in [4.69, 9.17) is 0 Å². The molecule has 184 valence electrons. The molecule has 1 aliphatic carbocycles. The Morgan fingerprint density at radius 3 is 2.59 bits per heavy atom. The number of rotatable bonds is 7. The minimum Gasteiger partial charge on any atom is -0.352 e. The van der Waals surface area contributed by atoms with Crippen molar-refractivity contribution in [3.05, 3.63) is 95.9 Å². The first-order valence-corrected chi connectivity index (χ1v) is 12.2. The highest BCUT2D eigenvalue weighted by atomic mass is 19.1. The molecule has 6 nitrogen and oxygen atoms in total. The fourth-order valence-electron chi connectivity index (χ4n) is 4.59. The summed E-state index contributed by atoms with van der Waals surface area (Å²) in [6.07, 6.45) is 6.48. The van der Waals surface area contributed by atoms with E-state index in [1.807, 2.05) is 24.3 Å². The normalized spacial score (nSPS) is 13.1. The Kier molecular flexibility index (Phi) is 5.92. The number of benzene rings is 1. The van der Waals surface area contributed by atoms with E-state index in [1.165, 1.54) is 18.2 Å². The average molecular weight is 496 g/mol. The number of nitrogens with zero attached hydrogens (tertiary/aromatic N) is 3. The third-order valence-electron chi connectivity index (χ3n) is 6.53. The Labute approximate surface area is 211 Å². The van der Waals surface area contributed by atoms with Gasteiger partial charge < -0.3 is 10.3 Å². The van der Waals surface area contributed by atoms with E-state index in [9.17, 15) is 13.6 Å². The lowest BCUT2D eigenvalue weighted by Gasteiger charge is -2.08. The quantitative estimate of drug-likeness (QED) is 0.267. The van der Waals surface area contributed by atoms with Gasteiger partial charge in [-0.25, -0.2) is 14.4 Å². The van der Waals surface area contributed by atoms with E-state index < -0.39 is 5.95 Å². The molecule has 8 heteroatoms. The van der Waals surface area contributed by atoms with Crippen LogP contribution in [-0.2, 0) is 17.6 Å². The molecule has 1 fully saturated rings. The van der Waals surface area contributed by atoms with E-state index in [-0.39, 0.29) is 18.1 Å². The zero-order valence-electron chi connectivity index (χ0n) is 19.8. The molecule has 1 saturated carbocycles. The van der Waals surface area contributed by atoms with Gasteiger partial charge in [0.25, 0.3) is 0 Å². The van der Waals surface area contributed by atoms with E-state index >= 15 is 0 Å². The molecule has 1 aliphatic rings. The Morgan fingerprint density at radius 1 is 1.00 bits per heavy atom. The lowest BCUT2D eigenvalue weighted by Crippen LogP contribution is -2.15. The third-order valence-corrected chi connectivity index (χ3v) is 6.53. The van der Waals surface area contributed by atoms with Crippen LogP contribution in [0.2, 0.25) is 0 Å². The van der Waals surface area contributed by atoms with E-state index in [0.717, 1.165) is 41.6 Å². The van der Waals surface area contributed by atoms with Gasteiger partial charge in [-0.1, -0.05) is 18.2 Å². The standard InChI is InChI=1S/C29H23F2N5O/c30-21-8-6-18(7-9-21)14-25(37)35-24-16-19(10-12-33-24)27-26(22-3-1-2-11-32-22)29-28(36-27)20(13-17-4-5-17)15-23(31)34-29/h1-3,6-12,15-17,36H,4-5,13-14H2,(H,33,35,37). The minimum absolute atomic E-state index is 0.0888. The highest BCUT2D eigenvalue weighted by molar-refractivity contribution is 6.02. The van der Waals surface area contributed by atoms with Crippen molar-refractivity contribution < 1.29 is 13.6 Å². The molecule has 4 aromatic heterocycles. The zero-order chi connectivity index (χ0) is 25.4. The minimum atomic E-state index is -0.519. The predicted octanol–water partition coefficient (Wildman–Crippen LogP) is 6.10. The summed E-state index contributed by atoms with van der Waals surface area (Å²) in [4.78, 5) is 29.2. The van der Waals surface area contributed by atoms with Crippen molar-refractivity contribution in [2.75, 3.05) is 5.32 Å². The second-order valence-electron chi connectivity index (χ2n) is 9.35. The summed E-state index contributed by atoms with van der Waals surface area (Å²) >= 11 is 0. The molecule has 0 unspecified atom stereocenters. The number of pyridine rings is 3. The molecule has 6 rings (SSSR count). The van der Waals surface area contributed by atoms with E-state index in [2.05, 4.69) is 25.3 Å². The lowest BCUT2D eigenvalue weighted by molar-refractivity contribution is -0.115. The average Bonchev–Trinajstić information content (AvgIpc) is 3.63. The number of hydrogen-bond donors (Lipinski definition) is 2. The van der Waals surface area contributed by atoms with Gasteiger partial charge in [0.15, 0.2) is 0 Å². The van der Waals surface area contributed by atoms with Gasteiger partial charge in [-0.2, -0.15) is 4.39 Å². The van der Waals surface area contributed by atoms with Crippen molar-refractivity contribution in [1.82, 2.24) is 19.9 Å². The summed E-state index contributed by atoms with van der Waals surface area (Å²) in [6, 6.07) is 16.5. The molecule has 0 spiro atoms. The van der Waals surface area contributed by atoms with Gasteiger partial charge in [0.05, 0.1) is 28.9 Å². The summed E-state index contributed by atoms with van der Waals surface area (Å²) in [6.45, 7) is 0. The van der Waals surface area contributed by atoms with Gasteiger partial charge in [-0.3, -0.25) is 9.78 Å². The lowest BCUT2D eigenvalue weighted by atomic mass is 10.0. The second-order valence-corrected chi connectivity index (χ2v) is 9.35. The Balaban J connectivity index is 1.39. The van der Waals surface area contributed by atoms with Crippen molar-refractivity contribution >= 4 is 22.8 Å². The van der Waals surface area contributed by atoms with Crippen molar-refractivity contribution in [3.8, 4) is 22.5 Å². The van der Waals surface area contributed by atoms with Crippen molar-refractivity contribution in [2.24, 2.45) is 5.92 Å². The fourth-order valence-corrected chi connectivity index (χ4v) is 4.59. The molecule has 0 bridgehead atoms. The molecular weight excluding hydrogens is 472 g/mol. The van der Waals surface area contributed by atoms with Crippen LogP contribution in [0.15, 0.2) is 73.1 Å². The van der Waals surface area contributed by atoms with Crippen LogP contribution in [0.1, 0.15) is 24.0 Å². The van der Waals surface area contributed by atoms with Gasteiger partial charge in [-0.05, 0) is 78.8 Å². The Morgan fingerprint density at radius 2 is 1.84 bits per heavy atom. The molecule has 0 aliphatic heterocycles. The first-order chi connectivity index (χ1) is 18.0. The fraction of sp³-hybridized carbons (Fsp3) is 0.172. The molecule has 1 amide bonds. The summed E-state index contributed by atoms with van der Waals surface area (Å²) < 4.78 is 27.8. The number of aromatic amines is 1. The van der Waals surface area contributed by atoms with Crippen LogP contribution in [-0.4, -0.2) is 25.8 Å². The number of amides is 1. The maximum Gasteiger partial charge on any atom is 0.229 e. The zero-order valence-corrected chi connectivity index (χ0v) is 19.8. The number of hydrogen-bond acceptors (Lipinski definition) is 4. The molecule has 1 aromatic carbocycles. The highest BCUT2D eigenvalue weighted by Gasteiger charge is 2.26. The van der Waals surface area contributed by atoms with Crippen LogP contribution in [0, 0.1) is 17.7 Å².